The first-order chi connectivity index (χ1) is 12.1. The number of carbonyl (C=O) groups is 1. The first-order valence-corrected chi connectivity index (χ1v) is 8.45. The lowest BCUT2D eigenvalue weighted by Gasteiger charge is -2.21. The lowest BCUT2D eigenvalue weighted by molar-refractivity contribution is -0.122. The van der Waals surface area contributed by atoms with E-state index in [0.717, 1.165) is 12.0 Å². The van der Waals surface area contributed by atoms with E-state index in [4.69, 9.17) is 9.26 Å². The second kappa shape index (κ2) is 9.17. The third kappa shape index (κ3) is 5.03. The predicted octanol–water partition coefficient (Wildman–Crippen LogP) is 2.20. The minimum absolute atomic E-state index is 0.0702. The average molecular weight is 347 g/mol. The fraction of sp³-hybridized carbons (Fsp3) is 0.500. The number of carbonyl (C=O) groups excluding carboxylic acids is 1. The van der Waals surface area contributed by atoms with Crippen LogP contribution in [0.1, 0.15) is 32.6 Å². The summed E-state index contributed by atoms with van der Waals surface area (Å²) in [5.74, 6) is 1.55. The number of para-hydroxylation sites is 1. The minimum Gasteiger partial charge on any atom is -0.496 e. The maximum Gasteiger partial charge on any atom is 0.227 e. The molecule has 7 nitrogen and oxygen atoms in total. The molecule has 1 aromatic heterocycles. The first-order valence-electron chi connectivity index (χ1n) is 8.45. The van der Waals surface area contributed by atoms with Crippen molar-refractivity contribution in [1.29, 1.82) is 0 Å². The average Bonchev–Trinajstić information content (AvgIpc) is 3.12. The van der Waals surface area contributed by atoms with Gasteiger partial charge in [-0.2, -0.15) is 4.98 Å². The van der Waals surface area contributed by atoms with Crippen LogP contribution in [0, 0.1) is 5.92 Å². The van der Waals surface area contributed by atoms with Gasteiger partial charge in [-0.05, 0) is 18.1 Å². The van der Waals surface area contributed by atoms with Crippen molar-refractivity contribution in [3.63, 3.8) is 0 Å². The molecule has 2 aromatic rings. The van der Waals surface area contributed by atoms with Crippen LogP contribution < -0.4 is 10.1 Å². The van der Waals surface area contributed by atoms with Crippen molar-refractivity contribution in [2.75, 3.05) is 13.7 Å². The standard InChI is InChI=1S/C18H25N3O4/c1-4-12(2)14(11-22)19-16(23)9-10-17-20-18(21-25-17)13-7-5-6-8-15(13)24-3/h5-8,12,14,22H,4,9-11H2,1-3H3,(H,19,23)/t12-,14+/m0/s1. The number of aryl methyl sites for hydroxylation is 1. The second-order valence-electron chi connectivity index (χ2n) is 5.95. The summed E-state index contributed by atoms with van der Waals surface area (Å²) in [5.41, 5.74) is 0.738. The Kier molecular flexibility index (Phi) is 6.94. The number of nitrogens with one attached hydrogen (secondary N) is 1. The molecule has 25 heavy (non-hydrogen) atoms. The molecule has 0 aliphatic heterocycles. The largest absolute Gasteiger partial charge is 0.496 e. The number of methoxy groups -OCH3 is 1. The number of rotatable bonds is 9. The number of nitrogens with zero attached hydrogens (tertiary/aromatic N) is 2. The van der Waals surface area contributed by atoms with Crippen molar-refractivity contribution in [2.24, 2.45) is 5.92 Å². The summed E-state index contributed by atoms with van der Waals surface area (Å²) in [6, 6.07) is 7.17. The van der Waals surface area contributed by atoms with Crippen LogP contribution in [0.4, 0.5) is 0 Å². The highest BCUT2D eigenvalue weighted by molar-refractivity contribution is 5.76. The highest BCUT2D eigenvalue weighted by Crippen LogP contribution is 2.27. The molecule has 0 bridgehead atoms. The minimum atomic E-state index is -0.232. The second-order valence-corrected chi connectivity index (χ2v) is 5.95. The summed E-state index contributed by atoms with van der Waals surface area (Å²) in [7, 11) is 1.58. The number of hydrogen-bond acceptors (Lipinski definition) is 6. The Morgan fingerprint density at radius 1 is 1.40 bits per heavy atom. The molecule has 0 saturated carbocycles. The Morgan fingerprint density at radius 3 is 2.84 bits per heavy atom. The number of benzene rings is 1. The van der Waals surface area contributed by atoms with Gasteiger partial charge in [-0.25, -0.2) is 0 Å². The van der Waals surface area contributed by atoms with Gasteiger partial charge < -0.3 is 19.7 Å². The lowest BCUT2D eigenvalue weighted by atomic mass is 10.00. The van der Waals surface area contributed by atoms with Crippen molar-refractivity contribution in [2.45, 2.75) is 39.2 Å². The molecule has 7 heteroatoms. The van der Waals surface area contributed by atoms with Crippen LogP contribution in [-0.4, -0.2) is 40.9 Å². The summed E-state index contributed by atoms with van der Waals surface area (Å²) in [6.45, 7) is 3.95. The van der Waals surface area contributed by atoms with Gasteiger partial charge in [0.05, 0.1) is 25.3 Å². The van der Waals surface area contributed by atoms with Gasteiger partial charge in [0.15, 0.2) is 0 Å². The lowest BCUT2D eigenvalue weighted by Crippen LogP contribution is -2.41. The fourth-order valence-electron chi connectivity index (χ4n) is 2.45. The third-order valence-corrected chi connectivity index (χ3v) is 4.26. The first kappa shape index (κ1) is 18.9. The molecular formula is C18H25N3O4. The molecule has 0 fully saturated rings. The van der Waals surface area contributed by atoms with Crippen molar-refractivity contribution in [3.05, 3.63) is 30.2 Å². The van der Waals surface area contributed by atoms with E-state index in [2.05, 4.69) is 15.5 Å². The third-order valence-electron chi connectivity index (χ3n) is 4.26. The van der Waals surface area contributed by atoms with Gasteiger partial charge >= 0.3 is 0 Å². The van der Waals surface area contributed by atoms with Crippen LogP contribution in [0.2, 0.25) is 0 Å². The Bertz CT molecular complexity index is 686. The smallest absolute Gasteiger partial charge is 0.227 e. The van der Waals surface area contributed by atoms with Crippen LogP contribution in [-0.2, 0) is 11.2 Å². The van der Waals surface area contributed by atoms with Gasteiger partial charge in [-0.3, -0.25) is 4.79 Å². The molecule has 2 atom stereocenters. The maximum absolute atomic E-state index is 12.1. The summed E-state index contributed by atoms with van der Waals surface area (Å²) in [5, 5.41) is 16.2. The number of amides is 1. The molecule has 0 aliphatic carbocycles. The molecule has 2 rings (SSSR count). The summed E-state index contributed by atoms with van der Waals surface area (Å²) >= 11 is 0. The Labute approximate surface area is 147 Å². The van der Waals surface area contributed by atoms with Crippen LogP contribution in [0.15, 0.2) is 28.8 Å². The molecule has 0 unspecified atom stereocenters. The Morgan fingerprint density at radius 2 is 2.16 bits per heavy atom. The maximum atomic E-state index is 12.1. The molecule has 1 aromatic carbocycles. The number of hydrogen-bond donors (Lipinski definition) is 2. The monoisotopic (exact) mass is 347 g/mol. The van der Waals surface area contributed by atoms with E-state index in [-0.39, 0.29) is 30.9 Å². The van der Waals surface area contributed by atoms with Gasteiger partial charge in [0, 0.05) is 12.8 Å². The summed E-state index contributed by atoms with van der Waals surface area (Å²) in [4.78, 5) is 16.4. The van der Waals surface area contributed by atoms with Crippen molar-refractivity contribution >= 4 is 5.91 Å². The molecule has 0 aliphatic rings. The van der Waals surface area contributed by atoms with Gasteiger partial charge in [0.2, 0.25) is 17.6 Å². The molecule has 2 N–H and O–H groups in total. The van der Waals surface area contributed by atoms with Crippen molar-refractivity contribution in [3.8, 4) is 17.1 Å². The van der Waals surface area contributed by atoms with Gasteiger partial charge in [-0.1, -0.05) is 37.6 Å². The molecule has 0 spiro atoms. The van der Waals surface area contributed by atoms with E-state index in [1.54, 1.807) is 7.11 Å². The quantitative estimate of drug-likeness (QED) is 0.722. The fourth-order valence-corrected chi connectivity index (χ4v) is 2.45. The Hall–Kier alpha value is -2.41. The molecule has 1 amide bonds. The highest BCUT2D eigenvalue weighted by Gasteiger charge is 2.18. The number of aliphatic hydroxyl groups excluding tert-OH is 1. The van der Waals surface area contributed by atoms with Crippen LogP contribution in [0.5, 0.6) is 5.75 Å². The molecule has 0 saturated heterocycles. The highest BCUT2D eigenvalue weighted by atomic mass is 16.5. The van der Waals surface area contributed by atoms with Gasteiger partial charge in [-0.15, -0.1) is 0 Å². The van der Waals surface area contributed by atoms with Crippen molar-refractivity contribution in [1.82, 2.24) is 15.5 Å². The molecular weight excluding hydrogens is 322 g/mol. The zero-order chi connectivity index (χ0) is 18.2. The van der Waals surface area contributed by atoms with Gasteiger partial charge in [0.1, 0.15) is 5.75 Å². The topological polar surface area (TPSA) is 97.5 Å². The summed E-state index contributed by atoms with van der Waals surface area (Å²) < 4.78 is 10.5. The molecule has 0 radical (unpaired) electrons. The van der Waals surface area contributed by atoms with E-state index in [1.807, 2.05) is 38.1 Å². The van der Waals surface area contributed by atoms with Crippen molar-refractivity contribution < 1.29 is 19.2 Å². The zero-order valence-electron chi connectivity index (χ0n) is 14.9. The van der Waals surface area contributed by atoms with E-state index in [9.17, 15) is 9.90 Å². The van der Waals surface area contributed by atoms with Gasteiger partial charge in [0.25, 0.3) is 0 Å². The normalized spacial score (nSPS) is 13.3. The van der Waals surface area contributed by atoms with Crippen LogP contribution in [0.3, 0.4) is 0 Å². The molecule has 1 heterocycles. The van der Waals surface area contributed by atoms with Crippen LogP contribution >= 0.6 is 0 Å². The SMILES string of the molecule is CC[C@H](C)[C@@H](CO)NC(=O)CCc1nc(-c2ccccc2OC)no1. The molecule has 136 valence electrons. The number of ether oxygens (including phenoxy) is 1. The van der Waals surface area contributed by atoms with Crippen LogP contribution in [0.25, 0.3) is 11.4 Å². The predicted molar refractivity (Wildman–Crippen MR) is 93.1 cm³/mol. The number of aromatic nitrogens is 2. The van der Waals surface area contributed by atoms with E-state index in [0.29, 0.717) is 23.9 Å². The van der Waals surface area contributed by atoms with E-state index < -0.39 is 0 Å². The Balaban J connectivity index is 1.94. The van der Waals surface area contributed by atoms with E-state index >= 15 is 0 Å². The summed E-state index contributed by atoms with van der Waals surface area (Å²) in [6.07, 6.45) is 1.45. The number of aliphatic hydroxyl groups is 1. The van der Waals surface area contributed by atoms with E-state index in [1.165, 1.54) is 0 Å². The zero-order valence-corrected chi connectivity index (χ0v) is 14.9.